The minimum atomic E-state index is -2.29. The predicted octanol–water partition coefficient (Wildman–Crippen LogP) is -1.60. The van der Waals surface area contributed by atoms with Gasteiger partial charge in [-0.15, -0.1) is 0 Å². The van der Waals surface area contributed by atoms with Gasteiger partial charge in [-0.3, -0.25) is 0 Å². The van der Waals surface area contributed by atoms with Gasteiger partial charge in [0.05, 0.1) is 17.6 Å². The van der Waals surface area contributed by atoms with E-state index < -0.39 is 70.2 Å². The van der Waals surface area contributed by atoms with Crippen molar-refractivity contribution < 1.29 is 44.6 Å². The molecule has 2 saturated heterocycles. The second-order valence-corrected chi connectivity index (χ2v) is 9.71. The van der Waals surface area contributed by atoms with Crippen molar-refractivity contribution in [3.63, 3.8) is 0 Å². The molecule has 29 heavy (non-hydrogen) atoms. The first kappa shape index (κ1) is 19.4. The van der Waals surface area contributed by atoms with E-state index in [-0.39, 0.29) is 19.4 Å². The number of cyclic esters (lactones) is 1. The Balaban J connectivity index is 1.88. The summed E-state index contributed by atoms with van der Waals surface area (Å²) in [6.45, 7) is 4.48. The van der Waals surface area contributed by atoms with Gasteiger partial charge in [0.25, 0.3) is 0 Å². The minimum Gasteiger partial charge on any atom is -0.463 e. The van der Waals surface area contributed by atoms with Crippen molar-refractivity contribution in [2.75, 3.05) is 6.61 Å². The highest BCUT2D eigenvalue weighted by atomic mass is 16.6. The molecule has 2 aliphatic heterocycles. The standard InChI is InChI=1S/C20H26O9/c1-7-4-10(21)12(22)17(3)9(7)5-11-18-6-28-16(25)19(26,15(17)18)8(2)20(18,27)13(23)14(24)29-11/h8,10-13,15,21-23,26-27H,4-6H2,1-3H3. The zero-order valence-electron chi connectivity index (χ0n) is 16.5. The highest BCUT2D eigenvalue weighted by Gasteiger charge is 2.89. The number of ether oxygens (including phenoxy) is 2. The minimum absolute atomic E-state index is 0.143. The topological polar surface area (TPSA) is 154 Å². The number of aliphatic hydroxyl groups excluding tert-OH is 3. The Bertz CT molecular complexity index is 868. The average molecular weight is 410 g/mol. The first-order chi connectivity index (χ1) is 13.4. The third-order valence-corrected chi connectivity index (χ3v) is 8.91. The lowest BCUT2D eigenvalue weighted by Gasteiger charge is -2.65. The fraction of sp³-hybridized carbons (Fsp3) is 0.800. The normalized spacial score (nSPS) is 58.3. The van der Waals surface area contributed by atoms with Crippen LogP contribution in [-0.4, -0.2) is 79.7 Å². The third-order valence-electron chi connectivity index (χ3n) is 8.91. The summed E-state index contributed by atoms with van der Waals surface area (Å²) in [5.74, 6) is -4.41. The lowest BCUT2D eigenvalue weighted by Crippen LogP contribution is -2.76. The molecule has 5 aliphatic rings. The van der Waals surface area contributed by atoms with Crippen LogP contribution in [0.5, 0.6) is 0 Å². The zero-order chi connectivity index (χ0) is 21.3. The Labute approximate surface area is 166 Å². The number of fused-ring (bicyclic) bond motifs is 1. The van der Waals surface area contributed by atoms with Gasteiger partial charge in [0.15, 0.2) is 11.7 Å². The van der Waals surface area contributed by atoms with Crippen molar-refractivity contribution in [2.24, 2.45) is 22.7 Å². The molecule has 9 nitrogen and oxygen atoms in total. The first-order valence-corrected chi connectivity index (χ1v) is 9.95. The van der Waals surface area contributed by atoms with Crippen LogP contribution in [0, 0.1) is 22.7 Å². The molecule has 1 spiro atoms. The van der Waals surface area contributed by atoms with Gasteiger partial charge in [0.1, 0.15) is 18.3 Å². The van der Waals surface area contributed by atoms with Crippen LogP contribution in [0.3, 0.4) is 0 Å². The highest BCUT2D eigenvalue weighted by molar-refractivity contribution is 5.86. The van der Waals surface area contributed by atoms with E-state index in [1.807, 2.05) is 0 Å². The van der Waals surface area contributed by atoms with Crippen molar-refractivity contribution in [1.82, 2.24) is 0 Å². The maximum atomic E-state index is 12.9. The Kier molecular flexibility index (Phi) is 3.49. The van der Waals surface area contributed by atoms with Crippen LogP contribution < -0.4 is 0 Å². The first-order valence-electron chi connectivity index (χ1n) is 9.95. The molecule has 9 heteroatoms. The molecule has 0 aromatic rings. The van der Waals surface area contributed by atoms with Crippen LogP contribution in [0.4, 0.5) is 0 Å². The van der Waals surface area contributed by atoms with E-state index in [0.29, 0.717) is 5.57 Å². The maximum absolute atomic E-state index is 12.9. The number of esters is 2. The summed E-state index contributed by atoms with van der Waals surface area (Å²) in [7, 11) is 0. The van der Waals surface area contributed by atoms with Gasteiger partial charge in [0.2, 0.25) is 0 Å². The molecule has 10 unspecified atom stereocenters. The lowest BCUT2D eigenvalue weighted by atomic mass is 9.44. The summed E-state index contributed by atoms with van der Waals surface area (Å²) in [6.07, 6.45) is -5.05. The van der Waals surface area contributed by atoms with Crippen LogP contribution in [0.25, 0.3) is 0 Å². The molecule has 0 aromatic heterocycles. The fourth-order valence-corrected chi connectivity index (χ4v) is 7.65. The van der Waals surface area contributed by atoms with E-state index in [1.165, 1.54) is 6.92 Å². The molecule has 160 valence electrons. The second kappa shape index (κ2) is 5.20. The molecular weight excluding hydrogens is 384 g/mol. The van der Waals surface area contributed by atoms with Gasteiger partial charge in [-0.25, -0.2) is 9.59 Å². The largest absolute Gasteiger partial charge is 0.463 e. The summed E-state index contributed by atoms with van der Waals surface area (Å²) in [4.78, 5) is 25.3. The molecule has 0 aromatic carbocycles. The monoisotopic (exact) mass is 410 g/mol. The van der Waals surface area contributed by atoms with Gasteiger partial charge >= 0.3 is 11.9 Å². The third kappa shape index (κ3) is 1.67. The predicted molar refractivity (Wildman–Crippen MR) is 93.9 cm³/mol. The van der Waals surface area contributed by atoms with E-state index in [2.05, 4.69) is 0 Å². The van der Waals surface area contributed by atoms with Gasteiger partial charge in [0, 0.05) is 23.7 Å². The number of rotatable bonds is 0. The van der Waals surface area contributed by atoms with Crippen LogP contribution in [0.2, 0.25) is 0 Å². The second-order valence-electron chi connectivity index (χ2n) is 9.71. The summed E-state index contributed by atoms with van der Waals surface area (Å²) in [6, 6.07) is 0. The number of carbonyl (C=O) groups excluding carboxylic acids is 2. The fourth-order valence-electron chi connectivity index (χ4n) is 7.65. The van der Waals surface area contributed by atoms with Crippen molar-refractivity contribution in [2.45, 2.75) is 69.2 Å². The van der Waals surface area contributed by atoms with Gasteiger partial charge in [-0.2, -0.15) is 0 Å². The van der Waals surface area contributed by atoms with E-state index in [4.69, 9.17) is 9.47 Å². The molecule has 0 radical (unpaired) electrons. The van der Waals surface area contributed by atoms with E-state index in [1.54, 1.807) is 13.8 Å². The SMILES string of the molecule is CC1=C2CC3OC(=O)C(O)C4(O)C(C)C5(O)C(=O)OCC34C5C2(C)C(O)C(O)C1. The maximum Gasteiger partial charge on any atom is 0.338 e. The van der Waals surface area contributed by atoms with E-state index in [0.717, 1.165) is 5.57 Å². The number of hydrogen-bond donors (Lipinski definition) is 5. The van der Waals surface area contributed by atoms with Crippen LogP contribution in [0.15, 0.2) is 11.1 Å². The van der Waals surface area contributed by atoms with Gasteiger partial charge in [-0.05, 0) is 13.3 Å². The Morgan fingerprint density at radius 2 is 1.76 bits per heavy atom. The van der Waals surface area contributed by atoms with E-state index >= 15 is 0 Å². The van der Waals surface area contributed by atoms with Crippen LogP contribution in [-0.2, 0) is 19.1 Å². The molecule has 2 saturated carbocycles. The Morgan fingerprint density at radius 1 is 1.10 bits per heavy atom. The number of aliphatic hydroxyl groups is 5. The highest BCUT2D eigenvalue weighted by Crippen LogP contribution is 2.75. The van der Waals surface area contributed by atoms with Crippen molar-refractivity contribution >= 4 is 11.9 Å². The number of hydrogen-bond acceptors (Lipinski definition) is 9. The molecular formula is C20H26O9. The molecule has 4 fully saturated rings. The molecule has 10 atom stereocenters. The van der Waals surface area contributed by atoms with Crippen molar-refractivity contribution in [3.8, 4) is 0 Å². The molecule has 2 heterocycles. The van der Waals surface area contributed by atoms with Crippen LogP contribution in [0.1, 0.15) is 33.6 Å². The zero-order valence-corrected chi connectivity index (χ0v) is 16.5. The van der Waals surface area contributed by atoms with Gasteiger partial charge in [-0.1, -0.05) is 25.0 Å². The molecule has 5 rings (SSSR count). The summed E-state index contributed by atoms with van der Waals surface area (Å²) in [5.41, 5.74) is -5.86. The van der Waals surface area contributed by atoms with Gasteiger partial charge < -0.3 is 35.0 Å². The number of carbonyl (C=O) groups is 2. The van der Waals surface area contributed by atoms with Crippen LogP contribution >= 0.6 is 0 Å². The summed E-state index contributed by atoms with van der Waals surface area (Å²) in [5, 5.41) is 55.9. The molecule has 0 amide bonds. The Morgan fingerprint density at radius 3 is 2.41 bits per heavy atom. The average Bonchev–Trinajstić information content (AvgIpc) is 2.79. The quantitative estimate of drug-likeness (QED) is 0.235. The van der Waals surface area contributed by atoms with Crippen molar-refractivity contribution in [3.05, 3.63) is 11.1 Å². The summed E-state index contributed by atoms with van der Waals surface area (Å²) >= 11 is 0. The lowest BCUT2D eigenvalue weighted by molar-refractivity contribution is -0.294. The molecule has 5 N–H and O–H groups in total. The Hall–Kier alpha value is -1.52. The molecule has 2 bridgehead atoms. The van der Waals surface area contributed by atoms with Crippen molar-refractivity contribution in [1.29, 1.82) is 0 Å². The molecule has 3 aliphatic carbocycles. The van der Waals surface area contributed by atoms with E-state index in [9.17, 15) is 35.1 Å². The smallest absolute Gasteiger partial charge is 0.338 e. The summed E-state index contributed by atoms with van der Waals surface area (Å²) < 4.78 is 10.8.